The van der Waals surface area contributed by atoms with Gasteiger partial charge in [-0.3, -0.25) is 0 Å². The van der Waals surface area contributed by atoms with Gasteiger partial charge >= 0.3 is 0 Å². The smallest absolute Gasteiger partial charge is 0.139 e. The van der Waals surface area contributed by atoms with Crippen LogP contribution in [0.2, 0.25) is 0 Å². The number of rotatable bonds is 3. The van der Waals surface area contributed by atoms with Gasteiger partial charge in [-0.15, -0.1) is 0 Å². The molecule has 0 aromatic heterocycles. The molecule has 14 heavy (non-hydrogen) atoms. The third kappa shape index (κ3) is 2.39. The van der Waals surface area contributed by atoms with Gasteiger partial charge in [-0.2, -0.15) is 0 Å². The lowest BCUT2D eigenvalue weighted by atomic mass is 10.1. The van der Waals surface area contributed by atoms with E-state index in [0.717, 1.165) is 18.6 Å². The molecule has 0 saturated heterocycles. The third-order valence-electron chi connectivity index (χ3n) is 2.06. The second-order valence-corrected chi connectivity index (χ2v) is 3.10. The number of aryl methyl sites for hydroxylation is 1. The predicted molar refractivity (Wildman–Crippen MR) is 54.2 cm³/mol. The minimum absolute atomic E-state index is 0.869. The van der Waals surface area contributed by atoms with Gasteiger partial charge in [-0.25, -0.2) is 0 Å². The van der Waals surface area contributed by atoms with E-state index >= 15 is 0 Å². The lowest BCUT2D eigenvalue weighted by molar-refractivity contribution is 0.246. The van der Waals surface area contributed by atoms with Crippen LogP contribution in [0.25, 0.3) is 0 Å². The first-order valence-corrected chi connectivity index (χ1v) is 4.65. The first-order chi connectivity index (χ1) is 6.95. The Balaban J connectivity index is 1.86. The molecule has 72 valence electrons. The maximum atomic E-state index is 5.26. The SMILES string of the molecule is C1=COC(CCc2ccccc2)=CO1. The second-order valence-electron chi connectivity index (χ2n) is 3.10. The highest BCUT2D eigenvalue weighted by Gasteiger charge is 2.01. The van der Waals surface area contributed by atoms with Gasteiger partial charge in [0, 0.05) is 6.42 Å². The average molecular weight is 188 g/mol. The van der Waals surface area contributed by atoms with Crippen molar-refractivity contribution >= 4 is 0 Å². The van der Waals surface area contributed by atoms with Crippen LogP contribution in [0.3, 0.4) is 0 Å². The Morgan fingerprint density at radius 1 is 0.929 bits per heavy atom. The lowest BCUT2D eigenvalue weighted by Crippen LogP contribution is -1.94. The minimum atomic E-state index is 0.869. The summed E-state index contributed by atoms with van der Waals surface area (Å²) in [5, 5.41) is 0. The molecule has 1 aromatic carbocycles. The van der Waals surface area contributed by atoms with E-state index in [0.29, 0.717) is 0 Å². The van der Waals surface area contributed by atoms with Crippen LogP contribution in [0.4, 0.5) is 0 Å². The number of allylic oxidation sites excluding steroid dienone is 1. The Bertz CT molecular complexity index is 339. The monoisotopic (exact) mass is 188 g/mol. The summed E-state index contributed by atoms with van der Waals surface area (Å²) < 4.78 is 10.3. The Morgan fingerprint density at radius 2 is 1.79 bits per heavy atom. The predicted octanol–water partition coefficient (Wildman–Crippen LogP) is 2.98. The quantitative estimate of drug-likeness (QED) is 0.726. The van der Waals surface area contributed by atoms with Crippen LogP contribution in [0.15, 0.2) is 54.9 Å². The average Bonchev–Trinajstić information content (AvgIpc) is 2.29. The first kappa shape index (κ1) is 8.88. The lowest BCUT2D eigenvalue weighted by Gasteiger charge is -2.09. The van der Waals surface area contributed by atoms with Crippen molar-refractivity contribution in [1.29, 1.82) is 0 Å². The summed E-state index contributed by atoms with van der Waals surface area (Å²) in [6, 6.07) is 10.3. The van der Waals surface area contributed by atoms with Crippen LogP contribution in [0.1, 0.15) is 12.0 Å². The highest BCUT2D eigenvalue weighted by atomic mass is 16.5. The largest absolute Gasteiger partial charge is 0.466 e. The van der Waals surface area contributed by atoms with Gasteiger partial charge in [0.1, 0.15) is 24.5 Å². The van der Waals surface area contributed by atoms with E-state index < -0.39 is 0 Å². The molecule has 1 heterocycles. The molecule has 0 atom stereocenters. The van der Waals surface area contributed by atoms with E-state index in [1.807, 2.05) is 18.2 Å². The molecule has 0 bridgehead atoms. The molecule has 2 rings (SSSR count). The molecule has 0 N–H and O–H groups in total. The third-order valence-corrected chi connectivity index (χ3v) is 2.06. The normalized spacial score (nSPS) is 14.1. The zero-order valence-corrected chi connectivity index (χ0v) is 7.85. The van der Waals surface area contributed by atoms with E-state index in [9.17, 15) is 0 Å². The Morgan fingerprint density at radius 3 is 2.50 bits per heavy atom. The molecule has 0 amide bonds. The van der Waals surface area contributed by atoms with Gasteiger partial charge in [-0.1, -0.05) is 30.3 Å². The van der Waals surface area contributed by atoms with Gasteiger partial charge in [0.2, 0.25) is 0 Å². The molecule has 2 heteroatoms. The van der Waals surface area contributed by atoms with Crippen LogP contribution in [0, 0.1) is 0 Å². The van der Waals surface area contributed by atoms with Gasteiger partial charge in [0.25, 0.3) is 0 Å². The van der Waals surface area contributed by atoms with Crippen molar-refractivity contribution < 1.29 is 9.47 Å². The van der Waals surface area contributed by atoms with Gasteiger partial charge in [0.15, 0.2) is 0 Å². The zero-order chi connectivity index (χ0) is 9.64. The van der Waals surface area contributed by atoms with E-state index in [4.69, 9.17) is 9.47 Å². The zero-order valence-electron chi connectivity index (χ0n) is 7.85. The van der Waals surface area contributed by atoms with Crippen LogP contribution >= 0.6 is 0 Å². The highest BCUT2D eigenvalue weighted by Crippen LogP contribution is 2.13. The van der Waals surface area contributed by atoms with Gasteiger partial charge in [-0.05, 0) is 12.0 Å². The first-order valence-electron chi connectivity index (χ1n) is 4.65. The minimum Gasteiger partial charge on any atom is -0.466 e. The molecule has 0 aliphatic carbocycles. The van der Waals surface area contributed by atoms with Gasteiger partial charge < -0.3 is 9.47 Å². The van der Waals surface area contributed by atoms with Crippen molar-refractivity contribution in [1.82, 2.24) is 0 Å². The van der Waals surface area contributed by atoms with Crippen LogP contribution in [-0.4, -0.2) is 0 Å². The molecular weight excluding hydrogens is 176 g/mol. The topological polar surface area (TPSA) is 18.5 Å². The number of ether oxygens (including phenoxy) is 2. The summed E-state index contributed by atoms with van der Waals surface area (Å²) in [5.41, 5.74) is 1.31. The maximum Gasteiger partial charge on any atom is 0.139 e. The molecule has 2 nitrogen and oxygen atoms in total. The number of benzene rings is 1. The van der Waals surface area contributed by atoms with Crippen LogP contribution in [-0.2, 0) is 15.9 Å². The molecule has 1 aliphatic rings. The standard InChI is InChI=1S/C12H12O2/c1-2-4-11(5-3-1)6-7-12-10-13-8-9-14-12/h1-5,8-10H,6-7H2. The molecular formula is C12H12O2. The van der Waals surface area contributed by atoms with Crippen molar-refractivity contribution in [2.75, 3.05) is 0 Å². The van der Waals surface area contributed by atoms with Crippen molar-refractivity contribution in [3.63, 3.8) is 0 Å². The number of hydrogen-bond donors (Lipinski definition) is 0. The molecule has 0 fully saturated rings. The van der Waals surface area contributed by atoms with Crippen molar-refractivity contribution in [3.05, 3.63) is 60.4 Å². The molecule has 1 aliphatic heterocycles. The summed E-state index contributed by atoms with van der Waals surface area (Å²) >= 11 is 0. The molecule has 0 spiro atoms. The van der Waals surface area contributed by atoms with Crippen LogP contribution < -0.4 is 0 Å². The number of hydrogen-bond acceptors (Lipinski definition) is 2. The summed E-state index contributed by atoms with van der Waals surface area (Å²) in [4.78, 5) is 0. The van der Waals surface area contributed by atoms with Crippen LogP contribution in [0.5, 0.6) is 0 Å². The summed E-state index contributed by atoms with van der Waals surface area (Å²) in [5.74, 6) is 0.872. The molecule has 0 saturated carbocycles. The molecule has 0 unspecified atom stereocenters. The maximum absolute atomic E-state index is 5.26. The summed E-state index contributed by atoms with van der Waals surface area (Å²) in [6.45, 7) is 0. The second kappa shape index (κ2) is 4.51. The van der Waals surface area contributed by atoms with Gasteiger partial charge in [0.05, 0.1) is 0 Å². The Hall–Kier alpha value is -1.70. The Labute approximate surface area is 83.5 Å². The van der Waals surface area contributed by atoms with Crippen molar-refractivity contribution in [2.45, 2.75) is 12.8 Å². The Kier molecular flexibility index (Phi) is 2.86. The fourth-order valence-electron chi connectivity index (χ4n) is 1.32. The molecule has 0 radical (unpaired) electrons. The highest BCUT2D eigenvalue weighted by molar-refractivity contribution is 5.15. The van der Waals surface area contributed by atoms with Crippen molar-refractivity contribution in [2.24, 2.45) is 0 Å². The summed E-state index contributed by atoms with van der Waals surface area (Å²) in [6.07, 6.45) is 6.56. The van der Waals surface area contributed by atoms with E-state index in [-0.39, 0.29) is 0 Å². The summed E-state index contributed by atoms with van der Waals surface area (Å²) in [7, 11) is 0. The molecule has 1 aromatic rings. The van der Waals surface area contributed by atoms with E-state index in [1.165, 1.54) is 11.8 Å². The van der Waals surface area contributed by atoms with Crippen molar-refractivity contribution in [3.8, 4) is 0 Å². The fourth-order valence-corrected chi connectivity index (χ4v) is 1.32. The van der Waals surface area contributed by atoms with E-state index in [2.05, 4.69) is 12.1 Å². The fraction of sp³-hybridized carbons (Fsp3) is 0.167. The van der Waals surface area contributed by atoms with E-state index in [1.54, 1.807) is 12.5 Å².